The molecule has 1 N–H and O–H groups in total. The van der Waals surface area contributed by atoms with Crippen molar-refractivity contribution in [3.05, 3.63) is 46.4 Å². The van der Waals surface area contributed by atoms with Crippen LogP contribution in [0, 0.1) is 0 Å². The minimum atomic E-state index is -0.488. The van der Waals surface area contributed by atoms with Crippen LogP contribution in [-0.4, -0.2) is 48.1 Å². The van der Waals surface area contributed by atoms with E-state index < -0.39 is 6.10 Å². The number of amides is 1. The summed E-state index contributed by atoms with van der Waals surface area (Å²) >= 11 is 8.10. The van der Waals surface area contributed by atoms with Crippen molar-refractivity contribution in [2.45, 2.75) is 31.4 Å². The van der Waals surface area contributed by atoms with Gasteiger partial charge in [0.2, 0.25) is 0 Å². The van der Waals surface area contributed by atoms with Crippen LogP contribution >= 0.6 is 22.9 Å². The Balaban J connectivity index is 1.47. The summed E-state index contributed by atoms with van der Waals surface area (Å²) in [7, 11) is 1.95. The third-order valence-electron chi connectivity index (χ3n) is 5.85. The molecule has 0 unspecified atom stereocenters. The number of benzene rings is 1. The number of nitrogens with zero attached hydrogens (tertiary/aromatic N) is 2. The first kappa shape index (κ1) is 18.9. The molecule has 150 valence electrons. The van der Waals surface area contributed by atoms with E-state index in [2.05, 4.69) is 10.3 Å². The number of rotatable bonds is 3. The summed E-state index contributed by atoms with van der Waals surface area (Å²) in [4.78, 5) is 19.5. The third-order valence-corrected chi connectivity index (χ3v) is 7.00. The van der Waals surface area contributed by atoms with Crippen LogP contribution in [-0.2, 0) is 11.2 Å². The van der Waals surface area contributed by atoms with E-state index in [0.29, 0.717) is 17.5 Å². The number of likely N-dealkylation sites (tertiary alicyclic amines) is 1. The highest BCUT2D eigenvalue weighted by atomic mass is 35.5. The molecule has 1 aromatic carbocycles. The lowest BCUT2D eigenvalue weighted by atomic mass is 10.00. The van der Waals surface area contributed by atoms with Gasteiger partial charge in [0.15, 0.2) is 6.10 Å². The summed E-state index contributed by atoms with van der Waals surface area (Å²) in [6.45, 7) is 1.53. The van der Waals surface area contributed by atoms with Gasteiger partial charge in [-0.25, -0.2) is 0 Å². The van der Waals surface area contributed by atoms with Gasteiger partial charge in [0.25, 0.3) is 5.91 Å². The lowest BCUT2D eigenvalue weighted by Gasteiger charge is -2.33. The molecule has 5 nitrogen and oxygen atoms in total. The van der Waals surface area contributed by atoms with Crippen molar-refractivity contribution in [3.8, 4) is 16.9 Å². The van der Waals surface area contributed by atoms with Crippen molar-refractivity contribution >= 4 is 39.1 Å². The van der Waals surface area contributed by atoms with Crippen molar-refractivity contribution in [2.75, 3.05) is 20.1 Å². The standard InChI is InChI=1S/C22H22ClN3O2S/c1-24-15-3-2-7-26(12-15)22(27)19-10-13-9-14(23)11-17(20(13)28-19)16-4-6-25-18-5-8-29-21(16)18/h4-6,8-9,11,15,19,24H,2-3,7,10,12H2,1H3/t15-,19-/m1/s1. The van der Waals surface area contributed by atoms with Gasteiger partial charge < -0.3 is 15.0 Å². The van der Waals surface area contributed by atoms with Gasteiger partial charge in [-0.1, -0.05) is 11.6 Å². The molecule has 2 aliphatic rings. The van der Waals surface area contributed by atoms with Crippen LogP contribution < -0.4 is 10.1 Å². The van der Waals surface area contributed by atoms with Gasteiger partial charge in [-0.05, 0) is 49.5 Å². The molecule has 0 radical (unpaired) electrons. The fourth-order valence-electron chi connectivity index (χ4n) is 4.36. The van der Waals surface area contributed by atoms with E-state index >= 15 is 0 Å². The van der Waals surface area contributed by atoms with Gasteiger partial charge in [-0.15, -0.1) is 11.3 Å². The number of carbonyl (C=O) groups excluding carboxylic acids is 1. The number of pyridine rings is 1. The average Bonchev–Trinajstić information content (AvgIpc) is 3.39. The van der Waals surface area contributed by atoms with Crippen molar-refractivity contribution in [2.24, 2.45) is 0 Å². The quantitative estimate of drug-likeness (QED) is 0.682. The highest BCUT2D eigenvalue weighted by molar-refractivity contribution is 7.17. The summed E-state index contributed by atoms with van der Waals surface area (Å²) in [6, 6.07) is 8.21. The molecule has 29 heavy (non-hydrogen) atoms. The third kappa shape index (κ3) is 3.39. The second-order valence-corrected chi connectivity index (χ2v) is 9.01. The molecule has 1 amide bonds. The number of hydrogen-bond donors (Lipinski definition) is 1. The molecule has 2 aliphatic heterocycles. The summed E-state index contributed by atoms with van der Waals surface area (Å²) in [5, 5.41) is 5.99. The Kier molecular flexibility index (Phi) is 4.94. The smallest absolute Gasteiger partial charge is 0.264 e. The number of ether oxygens (including phenoxy) is 1. The van der Waals surface area contributed by atoms with Crippen LogP contribution in [0.5, 0.6) is 5.75 Å². The fourth-order valence-corrected chi connectivity index (χ4v) is 5.48. The Morgan fingerprint density at radius 3 is 3.10 bits per heavy atom. The molecule has 0 saturated carbocycles. The molecule has 1 saturated heterocycles. The van der Waals surface area contributed by atoms with Crippen LogP contribution in [0.3, 0.4) is 0 Å². The Bertz CT molecular complexity index is 1080. The van der Waals surface area contributed by atoms with E-state index in [-0.39, 0.29) is 5.91 Å². The Morgan fingerprint density at radius 1 is 1.34 bits per heavy atom. The van der Waals surface area contributed by atoms with E-state index in [1.807, 2.05) is 41.6 Å². The maximum atomic E-state index is 13.2. The zero-order valence-electron chi connectivity index (χ0n) is 16.2. The molecular formula is C22H22ClN3O2S. The van der Waals surface area contributed by atoms with Gasteiger partial charge in [-0.2, -0.15) is 0 Å². The molecule has 2 aromatic heterocycles. The molecule has 4 heterocycles. The zero-order valence-corrected chi connectivity index (χ0v) is 17.7. The fraction of sp³-hybridized carbons (Fsp3) is 0.364. The first-order chi connectivity index (χ1) is 14.1. The number of nitrogens with one attached hydrogen (secondary N) is 1. The number of likely N-dealkylation sites (N-methyl/N-ethyl adjacent to an activating group) is 1. The highest BCUT2D eigenvalue weighted by Gasteiger charge is 2.36. The van der Waals surface area contributed by atoms with Crippen molar-refractivity contribution < 1.29 is 9.53 Å². The van der Waals surface area contributed by atoms with Crippen molar-refractivity contribution in [1.82, 2.24) is 15.2 Å². The minimum absolute atomic E-state index is 0.0687. The molecule has 5 rings (SSSR count). The SMILES string of the molecule is CN[C@@H]1CCCN(C(=O)[C@H]2Cc3cc(Cl)cc(-c4ccnc5ccsc45)c3O2)C1. The van der Waals surface area contributed by atoms with E-state index in [4.69, 9.17) is 16.3 Å². The van der Waals surface area contributed by atoms with Crippen LogP contribution in [0.1, 0.15) is 18.4 Å². The molecule has 0 aliphatic carbocycles. The maximum absolute atomic E-state index is 13.2. The van der Waals surface area contributed by atoms with E-state index in [1.54, 1.807) is 17.5 Å². The highest BCUT2D eigenvalue weighted by Crippen LogP contribution is 2.44. The van der Waals surface area contributed by atoms with Crippen LogP contribution in [0.4, 0.5) is 0 Å². The lowest BCUT2D eigenvalue weighted by Crippen LogP contribution is -2.50. The Morgan fingerprint density at radius 2 is 2.24 bits per heavy atom. The molecule has 7 heteroatoms. The van der Waals surface area contributed by atoms with Gasteiger partial charge in [-0.3, -0.25) is 9.78 Å². The second-order valence-electron chi connectivity index (χ2n) is 7.66. The van der Waals surface area contributed by atoms with E-state index in [9.17, 15) is 4.79 Å². The zero-order chi connectivity index (χ0) is 20.0. The predicted molar refractivity (Wildman–Crippen MR) is 117 cm³/mol. The summed E-state index contributed by atoms with van der Waals surface area (Å²) in [5.41, 5.74) is 3.93. The van der Waals surface area contributed by atoms with Crippen LogP contribution in [0.15, 0.2) is 35.8 Å². The van der Waals surface area contributed by atoms with Crippen LogP contribution in [0.25, 0.3) is 21.3 Å². The molecule has 0 spiro atoms. The number of halogens is 1. The lowest BCUT2D eigenvalue weighted by molar-refractivity contribution is -0.139. The Hall–Kier alpha value is -2.15. The number of thiophene rings is 1. The number of aromatic nitrogens is 1. The average molecular weight is 428 g/mol. The van der Waals surface area contributed by atoms with Gasteiger partial charge in [0, 0.05) is 53.5 Å². The normalized spacial score (nSPS) is 21.2. The topological polar surface area (TPSA) is 54.5 Å². The van der Waals surface area contributed by atoms with E-state index in [0.717, 1.165) is 58.6 Å². The van der Waals surface area contributed by atoms with Crippen molar-refractivity contribution in [1.29, 1.82) is 0 Å². The summed E-state index contributed by atoms with van der Waals surface area (Å²) in [5.74, 6) is 0.843. The predicted octanol–water partition coefficient (Wildman–Crippen LogP) is 4.13. The van der Waals surface area contributed by atoms with Gasteiger partial charge >= 0.3 is 0 Å². The Labute approximate surface area is 178 Å². The monoisotopic (exact) mass is 427 g/mol. The molecular weight excluding hydrogens is 406 g/mol. The second kappa shape index (κ2) is 7.59. The first-order valence-electron chi connectivity index (χ1n) is 9.91. The van der Waals surface area contributed by atoms with Gasteiger partial charge in [0.05, 0.1) is 10.2 Å². The maximum Gasteiger partial charge on any atom is 0.264 e. The largest absolute Gasteiger partial charge is 0.479 e. The number of carbonyl (C=O) groups is 1. The summed E-state index contributed by atoms with van der Waals surface area (Å²) in [6.07, 6.45) is 3.99. The number of hydrogen-bond acceptors (Lipinski definition) is 5. The van der Waals surface area contributed by atoms with Crippen molar-refractivity contribution in [3.63, 3.8) is 0 Å². The van der Waals surface area contributed by atoms with Gasteiger partial charge in [0.1, 0.15) is 5.75 Å². The summed E-state index contributed by atoms with van der Waals surface area (Å²) < 4.78 is 7.37. The molecule has 3 aromatic rings. The minimum Gasteiger partial charge on any atom is -0.479 e. The first-order valence-corrected chi connectivity index (χ1v) is 11.2. The number of fused-ring (bicyclic) bond motifs is 2. The molecule has 1 fully saturated rings. The number of piperidine rings is 1. The molecule has 0 bridgehead atoms. The molecule has 2 atom stereocenters. The van der Waals surface area contributed by atoms with Crippen LogP contribution in [0.2, 0.25) is 5.02 Å². The van der Waals surface area contributed by atoms with E-state index in [1.165, 1.54) is 0 Å².